The van der Waals surface area contributed by atoms with Crippen LogP contribution in [-0.2, 0) is 4.79 Å². The van der Waals surface area contributed by atoms with Gasteiger partial charge in [0, 0.05) is 10.2 Å². The van der Waals surface area contributed by atoms with E-state index in [1.807, 2.05) is 5.32 Å². The molecule has 2 N–H and O–H groups in total. The van der Waals surface area contributed by atoms with Crippen LogP contribution in [0.2, 0.25) is 5.02 Å². The van der Waals surface area contributed by atoms with Crippen molar-refractivity contribution in [2.45, 2.75) is 0 Å². The van der Waals surface area contributed by atoms with Crippen molar-refractivity contribution in [3.63, 3.8) is 0 Å². The Morgan fingerprint density at radius 2 is 2.06 bits per heavy atom. The van der Waals surface area contributed by atoms with E-state index in [2.05, 4.69) is 21.2 Å². The molecule has 0 spiro atoms. The van der Waals surface area contributed by atoms with Crippen LogP contribution in [-0.4, -0.2) is 17.8 Å². The molecule has 3 amide bonds. The quantitative estimate of drug-likeness (QED) is 0.821. The van der Waals surface area contributed by atoms with E-state index >= 15 is 0 Å². The van der Waals surface area contributed by atoms with Crippen LogP contribution in [0.15, 0.2) is 22.7 Å². The Labute approximate surface area is 110 Å². The van der Waals surface area contributed by atoms with Crippen LogP contribution in [0.1, 0.15) is 0 Å². The first-order valence-electron chi connectivity index (χ1n) is 4.15. The van der Waals surface area contributed by atoms with Gasteiger partial charge in [-0.15, -0.1) is 11.6 Å². The fourth-order valence-corrected chi connectivity index (χ4v) is 1.46. The number of anilines is 1. The van der Waals surface area contributed by atoms with Gasteiger partial charge in [0.25, 0.3) is 0 Å². The van der Waals surface area contributed by atoms with Crippen LogP contribution < -0.4 is 10.6 Å². The van der Waals surface area contributed by atoms with Crippen molar-refractivity contribution in [2.75, 3.05) is 11.2 Å². The zero-order valence-corrected chi connectivity index (χ0v) is 11.0. The van der Waals surface area contributed by atoms with Crippen LogP contribution in [0.5, 0.6) is 0 Å². The Balaban J connectivity index is 2.63. The van der Waals surface area contributed by atoms with Crippen LogP contribution in [0.3, 0.4) is 0 Å². The Morgan fingerprint density at radius 1 is 1.38 bits per heavy atom. The van der Waals surface area contributed by atoms with Crippen molar-refractivity contribution in [3.8, 4) is 0 Å². The first-order chi connectivity index (χ1) is 7.52. The summed E-state index contributed by atoms with van der Waals surface area (Å²) >= 11 is 14.2. The molecule has 1 aromatic rings. The highest BCUT2D eigenvalue weighted by molar-refractivity contribution is 9.10. The number of carbonyl (C=O) groups excluding carboxylic acids is 2. The van der Waals surface area contributed by atoms with Crippen molar-refractivity contribution in [2.24, 2.45) is 0 Å². The number of imide groups is 1. The summed E-state index contributed by atoms with van der Waals surface area (Å²) in [5.74, 6) is -0.829. The molecule has 0 heterocycles. The predicted octanol–water partition coefficient (Wildman–Crippen LogP) is 2.99. The second-order valence-corrected chi connectivity index (χ2v) is 4.29. The molecule has 0 aliphatic carbocycles. The second-order valence-electron chi connectivity index (χ2n) is 2.76. The first kappa shape index (κ1) is 13.3. The first-order valence-corrected chi connectivity index (χ1v) is 5.85. The zero-order chi connectivity index (χ0) is 12.1. The third kappa shape index (κ3) is 4.00. The summed E-state index contributed by atoms with van der Waals surface area (Å²) in [6, 6.07) is 4.20. The minimum atomic E-state index is -0.639. The van der Waals surface area contributed by atoms with Gasteiger partial charge in [-0.05, 0) is 34.1 Å². The highest BCUT2D eigenvalue weighted by Crippen LogP contribution is 2.25. The van der Waals surface area contributed by atoms with Gasteiger partial charge in [-0.25, -0.2) is 4.79 Å². The van der Waals surface area contributed by atoms with E-state index < -0.39 is 11.9 Å². The molecule has 4 nitrogen and oxygen atoms in total. The lowest BCUT2D eigenvalue weighted by atomic mass is 10.3. The summed E-state index contributed by atoms with van der Waals surface area (Å²) in [5.41, 5.74) is 0.510. The van der Waals surface area contributed by atoms with Gasteiger partial charge in [0.2, 0.25) is 5.91 Å². The molecule has 0 fully saturated rings. The number of nitrogens with one attached hydrogen (secondary N) is 2. The van der Waals surface area contributed by atoms with E-state index in [9.17, 15) is 9.59 Å². The van der Waals surface area contributed by atoms with Crippen molar-refractivity contribution in [1.82, 2.24) is 5.32 Å². The molecular weight excluding hydrogens is 319 g/mol. The normalized spacial score (nSPS) is 9.69. The standard InChI is InChI=1S/C9H7BrCl2N2O2/c10-6-3-5(1-2-7(6)12)13-9(16)14-8(15)4-11/h1-3H,4H2,(H2,13,14,15,16). The minimum absolute atomic E-state index is 0.266. The second kappa shape index (κ2) is 6.08. The van der Waals surface area contributed by atoms with Crippen molar-refractivity contribution in [1.29, 1.82) is 0 Å². The number of amides is 3. The maximum absolute atomic E-state index is 11.2. The Morgan fingerprint density at radius 3 is 2.62 bits per heavy atom. The van der Waals surface area contributed by atoms with Gasteiger partial charge in [-0.2, -0.15) is 0 Å². The summed E-state index contributed by atoms with van der Waals surface area (Å²) in [5, 5.41) is 5.03. The minimum Gasteiger partial charge on any atom is -0.308 e. The Bertz CT molecular complexity index is 426. The number of alkyl halides is 1. The lowest BCUT2D eigenvalue weighted by Crippen LogP contribution is -2.35. The summed E-state index contributed by atoms with van der Waals surface area (Å²) in [6.07, 6.45) is 0. The molecule has 0 saturated heterocycles. The molecular formula is C9H7BrCl2N2O2. The monoisotopic (exact) mass is 324 g/mol. The molecule has 1 aromatic carbocycles. The van der Waals surface area contributed by atoms with Crippen molar-refractivity contribution < 1.29 is 9.59 Å². The molecule has 16 heavy (non-hydrogen) atoms. The number of carbonyl (C=O) groups is 2. The van der Waals surface area contributed by atoms with Crippen LogP contribution in [0.4, 0.5) is 10.5 Å². The summed E-state index contributed by atoms with van der Waals surface area (Å²) < 4.78 is 0.649. The Hall–Kier alpha value is -0.780. The fraction of sp³-hybridized carbons (Fsp3) is 0.111. The van der Waals surface area contributed by atoms with Gasteiger partial charge in [0.1, 0.15) is 5.88 Å². The van der Waals surface area contributed by atoms with E-state index in [1.54, 1.807) is 18.2 Å². The smallest absolute Gasteiger partial charge is 0.308 e. The number of hydrogen-bond acceptors (Lipinski definition) is 2. The zero-order valence-electron chi connectivity index (χ0n) is 7.89. The number of benzene rings is 1. The molecule has 0 saturated carbocycles. The van der Waals surface area contributed by atoms with E-state index in [4.69, 9.17) is 23.2 Å². The van der Waals surface area contributed by atoms with E-state index in [1.165, 1.54) is 0 Å². The summed E-state index contributed by atoms with van der Waals surface area (Å²) in [4.78, 5) is 22.0. The van der Waals surface area contributed by atoms with Crippen LogP contribution in [0, 0.1) is 0 Å². The third-order valence-electron chi connectivity index (χ3n) is 1.55. The molecule has 0 aliphatic heterocycles. The molecule has 0 radical (unpaired) electrons. The Kier molecular flexibility index (Phi) is 5.05. The number of rotatable bonds is 2. The average Bonchev–Trinajstić information content (AvgIpc) is 2.23. The topological polar surface area (TPSA) is 58.2 Å². The van der Waals surface area contributed by atoms with Gasteiger partial charge in [0.15, 0.2) is 0 Å². The maximum Gasteiger partial charge on any atom is 0.325 e. The molecule has 0 bridgehead atoms. The van der Waals surface area contributed by atoms with Crippen LogP contribution >= 0.6 is 39.1 Å². The van der Waals surface area contributed by atoms with Gasteiger partial charge in [-0.3, -0.25) is 10.1 Å². The van der Waals surface area contributed by atoms with Gasteiger partial charge in [-0.1, -0.05) is 11.6 Å². The number of urea groups is 1. The highest BCUT2D eigenvalue weighted by atomic mass is 79.9. The number of halogens is 3. The maximum atomic E-state index is 11.2. The molecule has 0 atom stereocenters. The highest BCUT2D eigenvalue weighted by Gasteiger charge is 2.07. The van der Waals surface area contributed by atoms with Crippen molar-refractivity contribution >= 4 is 56.8 Å². The average molecular weight is 326 g/mol. The predicted molar refractivity (Wildman–Crippen MR) is 67.0 cm³/mol. The fourth-order valence-electron chi connectivity index (χ4n) is 0.896. The molecule has 7 heteroatoms. The summed E-state index contributed by atoms with van der Waals surface area (Å²) in [6.45, 7) is 0. The molecule has 86 valence electrons. The number of hydrogen-bond donors (Lipinski definition) is 2. The molecule has 0 unspecified atom stereocenters. The lowest BCUT2D eigenvalue weighted by molar-refractivity contribution is -0.117. The van der Waals surface area contributed by atoms with Crippen molar-refractivity contribution in [3.05, 3.63) is 27.7 Å². The molecule has 1 rings (SSSR count). The largest absolute Gasteiger partial charge is 0.325 e. The van der Waals surface area contributed by atoms with Crippen LogP contribution in [0.25, 0.3) is 0 Å². The van der Waals surface area contributed by atoms with Gasteiger partial charge in [0.05, 0.1) is 5.02 Å². The van der Waals surface area contributed by atoms with E-state index in [-0.39, 0.29) is 5.88 Å². The van der Waals surface area contributed by atoms with Gasteiger partial charge >= 0.3 is 6.03 Å². The van der Waals surface area contributed by atoms with E-state index in [0.717, 1.165) is 0 Å². The molecule has 0 aromatic heterocycles. The third-order valence-corrected chi connectivity index (χ3v) is 3.01. The lowest BCUT2D eigenvalue weighted by Gasteiger charge is -2.06. The van der Waals surface area contributed by atoms with Gasteiger partial charge < -0.3 is 5.32 Å². The SMILES string of the molecule is O=C(CCl)NC(=O)Nc1ccc(Cl)c(Br)c1. The molecule has 0 aliphatic rings. The van der Waals surface area contributed by atoms with E-state index in [0.29, 0.717) is 15.2 Å². The summed E-state index contributed by atoms with van der Waals surface area (Å²) in [7, 11) is 0.